The lowest BCUT2D eigenvalue weighted by Gasteiger charge is -2.42. The summed E-state index contributed by atoms with van der Waals surface area (Å²) in [7, 11) is -4.37. The molecular weight excluding hydrogens is 362 g/mol. The third kappa shape index (κ3) is 2.76. The number of nitrogens with zero attached hydrogens (tertiary/aromatic N) is 2. The molecule has 1 fully saturated rings. The topological polar surface area (TPSA) is 130 Å². The summed E-state index contributed by atoms with van der Waals surface area (Å²) in [6.45, 7) is 2.24. The van der Waals surface area contributed by atoms with Crippen molar-refractivity contribution in [2.45, 2.75) is 17.7 Å². The van der Waals surface area contributed by atoms with Gasteiger partial charge >= 0.3 is 6.03 Å². The Morgan fingerprint density at radius 2 is 2.08 bits per heavy atom. The van der Waals surface area contributed by atoms with Crippen LogP contribution in [0.5, 0.6) is 0 Å². The number of hydrogen-bond acceptors (Lipinski definition) is 5. The number of amides is 2. The standard InChI is InChI=1S/C16H17N3O6S/c1-11-10-12(26(23,24)25)6-7-16(11,18-9-8-17-15(18)20)13-4-2-3-5-14(13)19(21)22/h2-7,10,12H,8-9H2,1H3,(H,17,20)(H,23,24,25). The quantitative estimate of drug-likeness (QED) is 0.354. The Morgan fingerprint density at radius 3 is 2.62 bits per heavy atom. The zero-order valence-electron chi connectivity index (χ0n) is 13.8. The van der Waals surface area contributed by atoms with Gasteiger partial charge < -0.3 is 10.2 Å². The highest BCUT2D eigenvalue weighted by Gasteiger charge is 2.48. The van der Waals surface area contributed by atoms with Crippen LogP contribution < -0.4 is 5.32 Å². The van der Waals surface area contributed by atoms with Gasteiger partial charge in [0.2, 0.25) is 0 Å². The summed E-state index contributed by atoms with van der Waals surface area (Å²) < 4.78 is 32.3. The first-order valence-electron chi connectivity index (χ1n) is 7.82. The van der Waals surface area contributed by atoms with E-state index in [-0.39, 0.29) is 17.8 Å². The minimum absolute atomic E-state index is 0.185. The number of para-hydroxylation sites is 1. The van der Waals surface area contributed by atoms with E-state index >= 15 is 0 Å². The predicted molar refractivity (Wildman–Crippen MR) is 93.1 cm³/mol. The number of hydrogen-bond donors (Lipinski definition) is 2. The molecule has 1 aromatic carbocycles. The van der Waals surface area contributed by atoms with E-state index in [1.807, 2.05) is 0 Å². The average molecular weight is 379 g/mol. The van der Waals surface area contributed by atoms with Gasteiger partial charge in [-0.2, -0.15) is 8.42 Å². The fourth-order valence-electron chi connectivity index (χ4n) is 3.49. The van der Waals surface area contributed by atoms with Crippen molar-refractivity contribution >= 4 is 21.8 Å². The normalized spacial score (nSPS) is 25.8. The van der Waals surface area contributed by atoms with E-state index in [2.05, 4.69) is 5.32 Å². The molecule has 138 valence electrons. The highest BCUT2D eigenvalue weighted by atomic mass is 32.2. The Bertz CT molecular complexity index is 939. The van der Waals surface area contributed by atoms with Crippen molar-refractivity contribution in [2.24, 2.45) is 0 Å². The molecule has 1 saturated heterocycles. The molecule has 1 aliphatic carbocycles. The van der Waals surface area contributed by atoms with Crippen LogP contribution in [0.3, 0.4) is 0 Å². The fourth-order valence-corrected chi connectivity index (χ4v) is 4.15. The van der Waals surface area contributed by atoms with Crippen LogP contribution >= 0.6 is 0 Å². The highest BCUT2D eigenvalue weighted by molar-refractivity contribution is 7.86. The van der Waals surface area contributed by atoms with Crippen LogP contribution in [0, 0.1) is 10.1 Å². The first-order valence-corrected chi connectivity index (χ1v) is 9.32. The number of carbonyl (C=O) groups excluding carboxylic acids is 1. The molecule has 9 nitrogen and oxygen atoms in total. The smallest absolute Gasteiger partial charge is 0.318 e. The van der Waals surface area contributed by atoms with Gasteiger partial charge in [0.25, 0.3) is 15.8 Å². The Kier molecular flexibility index (Phi) is 4.32. The van der Waals surface area contributed by atoms with Gasteiger partial charge in [0.15, 0.2) is 0 Å². The maximum Gasteiger partial charge on any atom is 0.318 e. The van der Waals surface area contributed by atoms with E-state index in [0.717, 1.165) is 0 Å². The molecule has 0 spiro atoms. The minimum Gasteiger partial charge on any atom is -0.336 e. The van der Waals surface area contributed by atoms with Crippen LogP contribution in [-0.4, -0.2) is 47.2 Å². The summed E-state index contributed by atoms with van der Waals surface area (Å²) in [4.78, 5) is 24.8. The van der Waals surface area contributed by atoms with Gasteiger partial charge in [-0.3, -0.25) is 14.7 Å². The van der Waals surface area contributed by atoms with Gasteiger partial charge in [0.1, 0.15) is 10.8 Å². The molecule has 3 rings (SSSR count). The van der Waals surface area contributed by atoms with Crippen molar-refractivity contribution in [1.82, 2.24) is 10.2 Å². The van der Waals surface area contributed by atoms with Crippen LogP contribution in [0.15, 0.2) is 48.1 Å². The minimum atomic E-state index is -4.37. The largest absolute Gasteiger partial charge is 0.336 e. The molecule has 2 aliphatic rings. The molecule has 0 radical (unpaired) electrons. The Hall–Kier alpha value is -2.72. The molecule has 1 aliphatic heterocycles. The molecule has 1 heterocycles. The van der Waals surface area contributed by atoms with E-state index in [1.165, 1.54) is 35.3 Å². The molecule has 26 heavy (non-hydrogen) atoms. The van der Waals surface area contributed by atoms with Gasteiger partial charge in [-0.25, -0.2) is 4.79 Å². The lowest BCUT2D eigenvalue weighted by molar-refractivity contribution is -0.386. The van der Waals surface area contributed by atoms with Crippen LogP contribution in [0.2, 0.25) is 0 Å². The van der Waals surface area contributed by atoms with Gasteiger partial charge in [-0.15, -0.1) is 0 Å². The van der Waals surface area contributed by atoms with Crippen molar-refractivity contribution in [3.8, 4) is 0 Å². The molecule has 0 saturated carbocycles. The van der Waals surface area contributed by atoms with Crippen molar-refractivity contribution in [3.05, 3.63) is 63.7 Å². The summed E-state index contributed by atoms with van der Waals surface area (Å²) in [6.07, 6.45) is 3.98. The summed E-state index contributed by atoms with van der Waals surface area (Å²) in [6, 6.07) is 5.60. The molecule has 2 unspecified atom stereocenters. The second-order valence-corrected chi connectivity index (χ2v) is 7.69. The van der Waals surface area contributed by atoms with Crippen molar-refractivity contribution < 1.29 is 22.7 Å². The third-order valence-electron chi connectivity index (χ3n) is 4.68. The number of urea groups is 1. The maximum atomic E-state index is 12.4. The number of benzene rings is 1. The molecule has 1 aromatic rings. The highest BCUT2D eigenvalue weighted by Crippen LogP contribution is 2.44. The molecular formula is C16H17N3O6S. The first-order chi connectivity index (χ1) is 12.2. The van der Waals surface area contributed by atoms with Crippen molar-refractivity contribution in [2.75, 3.05) is 13.1 Å². The maximum absolute atomic E-state index is 12.4. The second kappa shape index (κ2) is 6.22. The van der Waals surface area contributed by atoms with Gasteiger partial charge in [0, 0.05) is 19.2 Å². The van der Waals surface area contributed by atoms with Crippen LogP contribution in [-0.2, 0) is 15.7 Å². The van der Waals surface area contributed by atoms with Gasteiger partial charge in [-0.1, -0.05) is 30.4 Å². The van der Waals surface area contributed by atoms with Gasteiger partial charge in [0.05, 0.1) is 10.5 Å². The number of nitro groups is 1. The monoisotopic (exact) mass is 379 g/mol. The molecule has 2 atom stereocenters. The summed E-state index contributed by atoms with van der Waals surface area (Å²) in [5.41, 5.74) is -0.851. The Labute approximate surface area is 149 Å². The predicted octanol–water partition coefficient (Wildman–Crippen LogP) is 1.59. The van der Waals surface area contributed by atoms with Crippen molar-refractivity contribution in [3.63, 3.8) is 0 Å². The van der Waals surface area contributed by atoms with E-state index in [1.54, 1.807) is 19.1 Å². The third-order valence-corrected chi connectivity index (χ3v) is 5.66. The van der Waals surface area contributed by atoms with E-state index in [9.17, 15) is 27.9 Å². The zero-order chi connectivity index (χ0) is 19.1. The number of nitro benzene ring substituents is 1. The van der Waals surface area contributed by atoms with Crippen molar-refractivity contribution in [1.29, 1.82) is 0 Å². The second-order valence-electron chi connectivity index (χ2n) is 6.11. The van der Waals surface area contributed by atoms with E-state index in [4.69, 9.17) is 0 Å². The van der Waals surface area contributed by atoms with Crippen LogP contribution in [0.4, 0.5) is 10.5 Å². The molecule has 0 bridgehead atoms. The fraction of sp³-hybridized carbons (Fsp3) is 0.312. The van der Waals surface area contributed by atoms with Crippen LogP contribution in [0.1, 0.15) is 12.5 Å². The van der Waals surface area contributed by atoms with Crippen LogP contribution in [0.25, 0.3) is 0 Å². The summed E-state index contributed by atoms with van der Waals surface area (Å²) >= 11 is 0. The molecule has 10 heteroatoms. The SMILES string of the molecule is CC1=CC(S(=O)(=O)O)C=CC1(c1ccccc1[N+](=O)[O-])N1CCNC1=O. The summed E-state index contributed by atoms with van der Waals surface area (Å²) in [5, 5.41) is 12.9. The molecule has 0 aromatic heterocycles. The van der Waals surface area contributed by atoms with E-state index in [0.29, 0.717) is 12.1 Å². The Balaban J connectivity index is 2.26. The lowest BCUT2D eigenvalue weighted by Crippen LogP contribution is -2.49. The first kappa shape index (κ1) is 18.1. The molecule has 2 N–H and O–H groups in total. The van der Waals surface area contributed by atoms with Gasteiger partial charge in [-0.05, 0) is 18.6 Å². The van der Waals surface area contributed by atoms with E-state index < -0.39 is 31.9 Å². The summed E-state index contributed by atoms with van der Waals surface area (Å²) in [5.74, 6) is 0. The number of carbonyl (C=O) groups is 1. The average Bonchev–Trinajstić information content (AvgIpc) is 3.00. The Morgan fingerprint density at radius 1 is 1.38 bits per heavy atom. The lowest BCUT2D eigenvalue weighted by atomic mass is 9.77. The number of nitrogens with one attached hydrogen (secondary N) is 1. The molecule has 2 amide bonds. The zero-order valence-corrected chi connectivity index (χ0v) is 14.6. The number of rotatable bonds is 4.